The van der Waals surface area contributed by atoms with E-state index in [1.165, 1.54) is 70.6 Å². The molecule has 0 saturated carbocycles. The van der Waals surface area contributed by atoms with E-state index >= 15 is 0 Å². The molecular weight excluding hydrogens is 716 g/mol. The topological polar surface area (TPSA) is 169 Å². The second kappa shape index (κ2) is 35.6. The van der Waals surface area contributed by atoms with Crippen molar-refractivity contribution in [2.75, 3.05) is 13.2 Å². The summed E-state index contributed by atoms with van der Waals surface area (Å²) >= 11 is 0. The smallest absolute Gasteiger partial charge is 0.335 e. The molecule has 6 atom stereocenters. The quantitative estimate of drug-likeness (QED) is 0.0271. The molecule has 11 nitrogen and oxygen atoms in total. The molecular formula is C45H78O11. The van der Waals surface area contributed by atoms with Gasteiger partial charge in [-0.2, -0.15) is 0 Å². The minimum absolute atomic E-state index is 0.175. The van der Waals surface area contributed by atoms with Crippen molar-refractivity contribution in [3.8, 4) is 0 Å². The van der Waals surface area contributed by atoms with E-state index in [1.807, 2.05) is 0 Å². The van der Waals surface area contributed by atoms with Crippen LogP contribution in [0.15, 0.2) is 36.5 Å². The van der Waals surface area contributed by atoms with Crippen LogP contribution in [0.4, 0.5) is 0 Å². The third-order valence-corrected chi connectivity index (χ3v) is 9.94. The molecule has 324 valence electrons. The molecule has 1 aliphatic heterocycles. The molecule has 1 heterocycles. The number of hydrogen-bond acceptors (Lipinski definition) is 10. The fraction of sp³-hybridized carbons (Fsp3) is 0.800. The van der Waals surface area contributed by atoms with Gasteiger partial charge < -0.3 is 39.4 Å². The van der Waals surface area contributed by atoms with Gasteiger partial charge in [0.25, 0.3) is 0 Å². The lowest BCUT2D eigenvalue weighted by Crippen LogP contribution is -2.60. The molecule has 0 aliphatic carbocycles. The SMILES string of the molecule is CCC/C=C\C/C=C\CCCCCCCC(=O)OCC(COC1OC(C(=O)O)C(O)C(O)C1O)OC(=O)CCCCCCCCC/C=C\CCCCCCCC. The molecule has 1 aliphatic rings. The molecule has 0 aromatic rings. The van der Waals surface area contributed by atoms with E-state index in [1.54, 1.807) is 0 Å². The summed E-state index contributed by atoms with van der Waals surface area (Å²) in [6.07, 6.45) is 30.5. The van der Waals surface area contributed by atoms with E-state index in [0.717, 1.165) is 70.6 Å². The number of aliphatic hydroxyl groups is 3. The van der Waals surface area contributed by atoms with Crippen LogP contribution in [0.1, 0.15) is 181 Å². The van der Waals surface area contributed by atoms with Gasteiger partial charge in [0.2, 0.25) is 0 Å². The molecule has 56 heavy (non-hydrogen) atoms. The standard InChI is InChI=1S/C45H78O11/c1-3-5-7-9-11-13-15-17-18-19-20-22-24-26-28-30-32-34-39(47)55-37(36-54-45-42(50)40(48)41(49)43(56-45)44(51)52)35-53-38(46)33-31-29-27-25-23-21-16-14-12-10-8-6-4-2/h8,10,14,16-18,37,40-43,45,48-50H,3-7,9,11-13,15,19-36H2,1-2H3,(H,51,52)/b10-8-,16-14-,18-17-. The molecule has 0 aromatic heterocycles. The Morgan fingerprint density at radius 1 is 0.554 bits per heavy atom. The van der Waals surface area contributed by atoms with Crippen molar-refractivity contribution in [3.63, 3.8) is 0 Å². The highest BCUT2D eigenvalue weighted by atomic mass is 16.7. The van der Waals surface area contributed by atoms with Crippen LogP contribution in [0.2, 0.25) is 0 Å². The lowest BCUT2D eigenvalue weighted by Gasteiger charge is -2.38. The maximum absolute atomic E-state index is 12.8. The van der Waals surface area contributed by atoms with Crippen LogP contribution >= 0.6 is 0 Å². The summed E-state index contributed by atoms with van der Waals surface area (Å²) in [5.74, 6) is -2.47. The number of hydrogen-bond donors (Lipinski definition) is 4. The molecule has 0 bridgehead atoms. The number of carboxylic acid groups (broad SMARTS) is 1. The molecule has 0 radical (unpaired) electrons. The van der Waals surface area contributed by atoms with Crippen LogP contribution in [0.3, 0.4) is 0 Å². The van der Waals surface area contributed by atoms with E-state index in [-0.39, 0.29) is 19.4 Å². The highest BCUT2D eigenvalue weighted by Gasteiger charge is 2.47. The first-order valence-electron chi connectivity index (χ1n) is 22.0. The molecule has 1 fully saturated rings. The number of carboxylic acids is 1. The van der Waals surface area contributed by atoms with Crippen LogP contribution in [0.25, 0.3) is 0 Å². The van der Waals surface area contributed by atoms with Crippen LogP contribution in [0.5, 0.6) is 0 Å². The number of aliphatic hydroxyl groups excluding tert-OH is 3. The number of carbonyl (C=O) groups is 3. The fourth-order valence-electron chi connectivity index (χ4n) is 6.44. The number of esters is 2. The second-order valence-corrected chi connectivity index (χ2v) is 15.2. The summed E-state index contributed by atoms with van der Waals surface area (Å²) in [5, 5.41) is 39.8. The average molecular weight is 795 g/mol. The summed E-state index contributed by atoms with van der Waals surface area (Å²) in [7, 11) is 0. The van der Waals surface area contributed by atoms with Crippen molar-refractivity contribution in [1.29, 1.82) is 0 Å². The predicted octanol–water partition coefficient (Wildman–Crippen LogP) is 9.20. The zero-order valence-electron chi connectivity index (χ0n) is 34.9. The van der Waals surface area contributed by atoms with Crippen molar-refractivity contribution < 1.29 is 53.8 Å². The van der Waals surface area contributed by atoms with Crippen LogP contribution < -0.4 is 0 Å². The molecule has 0 spiro atoms. The monoisotopic (exact) mass is 795 g/mol. The predicted molar refractivity (Wildman–Crippen MR) is 220 cm³/mol. The molecule has 0 aromatic carbocycles. The number of allylic oxidation sites excluding steroid dienone is 6. The van der Waals surface area contributed by atoms with Gasteiger partial charge in [0.05, 0.1) is 6.61 Å². The first-order valence-corrected chi connectivity index (χ1v) is 22.0. The summed E-state index contributed by atoms with van der Waals surface area (Å²) in [5.41, 5.74) is 0. The second-order valence-electron chi connectivity index (χ2n) is 15.2. The first-order chi connectivity index (χ1) is 27.2. The van der Waals surface area contributed by atoms with Crippen LogP contribution in [-0.4, -0.2) is 88.4 Å². The van der Waals surface area contributed by atoms with Crippen molar-refractivity contribution in [1.82, 2.24) is 0 Å². The number of carbonyl (C=O) groups excluding carboxylic acids is 2. The largest absolute Gasteiger partial charge is 0.479 e. The maximum atomic E-state index is 12.8. The van der Waals surface area contributed by atoms with E-state index in [2.05, 4.69) is 50.3 Å². The Labute approximate surface area is 338 Å². The summed E-state index contributed by atoms with van der Waals surface area (Å²) < 4.78 is 21.7. The number of rotatable bonds is 36. The van der Waals surface area contributed by atoms with Gasteiger partial charge in [0.1, 0.15) is 24.9 Å². The molecule has 1 saturated heterocycles. The van der Waals surface area contributed by atoms with E-state index in [0.29, 0.717) is 12.8 Å². The zero-order chi connectivity index (χ0) is 41.1. The lowest BCUT2D eigenvalue weighted by atomic mass is 9.99. The first kappa shape index (κ1) is 51.4. The Morgan fingerprint density at radius 2 is 1.04 bits per heavy atom. The Balaban J connectivity index is 2.39. The lowest BCUT2D eigenvalue weighted by molar-refractivity contribution is -0.298. The normalized spacial score (nSPS) is 20.6. The summed E-state index contributed by atoms with van der Waals surface area (Å²) in [6, 6.07) is 0. The molecule has 1 rings (SSSR count). The van der Waals surface area contributed by atoms with Gasteiger partial charge in [-0.1, -0.05) is 140 Å². The minimum atomic E-state index is -1.86. The Hall–Kier alpha value is -2.57. The van der Waals surface area contributed by atoms with Crippen molar-refractivity contribution in [2.24, 2.45) is 0 Å². The summed E-state index contributed by atoms with van der Waals surface area (Å²) in [4.78, 5) is 36.8. The van der Waals surface area contributed by atoms with E-state index in [9.17, 15) is 34.8 Å². The third kappa shape index (κ3) is 27.1. The van der Waals surface area contributed by atoms with Crippen LogP contribution in [0, 0.1) is 0 Å². The number of aliphatic carboxylic acids is 1. The Kier molecular flexibility index (Phi) is 32.7. The highest BCUT2D eigenvalue weighted by molar-refractivity contribution is 5.73. The van der Waals surface area contributed by atoms with E-state index < -0.39 is 61.3 Å². The van der Waals surface area contributed by atoms with Gasteiger partial charge in [-0.15, -0.1) is 0 Å². The fourth-order valence-corrected chi connectivity index (χ4v) is 6.44. The molecule has 4 N–H and O–H groups in total. The molecule has 0 amide bonds. The van der Waals surface area contributed by atoms with Gasteiger partial charge in [0.15, 0.2) is 18.5 Å². The highest BCUT2D eigenvalue weighted by Crippen LogP contribution is 2.23. The molecule has 6 unspecified atom stereocenters. The van der Waals surface area contributed by atoms with Gasteiger partial charge >= 0.3 is 17.9 Å². The van der Waals surface area contributed by atoms with Crippen molar-refractivity contribution >= 4 is 17.9 Å². The van der Waals surface area contributed by atoms with Gasteiger partial charge in [-0.25, -0.2) is 4.79 Å². The van der Waals surface area contributed by atoms with Gasteiger partial charge in [0, 0.05) is 12.8 Å². The average Bonchev–Trinajstić information content (AvgIpc) is 3.18. The minimum Gasteiger partial charge on any atom is -0.479 e. The van der Waals surface area contributed by atoms with Gasteiger partial charge in [-0.3, -0.25) is 9.59 Å². The third-order valence-electron chi connectivity index (χ3n) is 9.94. The van der Waals surface area contributed by atoms with Gasteiger partial charge in [-0.05, 0) is 64.2 Å². The number of ether oxygens (including phenoxy) is 4. The van der Waals surface area contributed by atoms with Crippen LogP contribution in [-0.2, 0) is 33.3 Å². The maximum Gasteiger partial charge on any atom is 0.335 e. The molecule has 11 heteroatoms. The zero-order valence-corrected chi connectivity index (χ0v) is 34.9. The van der Waals surface area contributed by atoms with E-state index in [4.69, 9.17) is 18.9 Å². The summed E-state index contributed by atoms with van der Waals surface area (Å²) in [6.45, 7) is 3.72. The number of unbranched alkanes of at least 4 members (excludes halogenated alkanes) is 19. The Morgan fingerprint density at radius 3 is 1.57 bits per heavy atom. The Bertz CT molecular complexity index is 1070. The van der Waals surface area contributed by atoms with Crippen molar-refractivity contribution in [3.05, 3.63) is 36.5 Å². The van der Waals surface area contributed by atoms with Crippen molar-refractivity contribution in [2.45, 2.75) is 218 Å².